The van der Waals surface area contributed by atoms with Gasteiger partial charge in [-0.05, 0) is 84.2 Å². The zero-order chi connectivity index (χ0) is 28.9. The zero-order valence-corrected chi connectivity index (χ0v) is 24.2. The van der Waals surface area contributed by atoms with Crippen molar-refractivity contribution in [2.75, 3.05) is 6.54 Å². The molecule has 214 valence electrons. The highest BCUT2D eigenvalue weighted by Gasteiger charge is 2.36. The van der Waals surface area contributed by atoms with Crippen LogP contribution in [0.4, 0.5) is 0 Å². The highest BCUT2D eigenvalue weighted by atomic mass is 32.2. The molecule has 1 unspecified atom stereocenters. The van der Waals surface area contributed by atoms with Crippen molar-refractivity contribution in [2.24, 2.45) is 7.05 Å². The van der Waals surface area contributed by atoms with E-state index in [-0.39, 0.29) is 36.4 Å². The summed E-state index contributed by atoms with van der Waals surface area (Å²) in [7, 11) is -2.05. The lowest BCUT2D eigenvalue weighted by molar-refractivity contribution is -0.137. The first-order valence-corrected chi connectivity index (χ1v) is 15.4. The first kappa shape index (κ1) is 27.3. The molecule has 0 spiro atoms. The van der Waals surface area contributed by atoms with Gasteiger partial charge in [0.15, 0.2) is 0 Å². The van der Waals surface area contributed by atoms with Crippen LogP contribution in [0.5, 0.6) is 5.88 Å². The number of sulfonamides is 1. The first-order chi connectivity index (χ1) is 19.7. The third-order valence-corrected chi connectivity index (χ3v) is 10.2. The molecule has 2 aromatic carbocycles. The number of aryl methyl sites for hydroxylation is 3. The fourth-order valence-electron chi connectivity index (χ4n) is 6.25. The van der Waals surface area contributed by atoms with Gasteiger partial charge >= 0.3 is 5.97 Å². The Morgan fingerprint density at radius 2 is 2.05 bits per heavy atom. The molecule has 3 heterocycles. The maximum Gasteiger partial charge on any atom is 0.304 e. The van der Waals surface area contributed by atoms with Gasteiger partial charge in [0.1, 0.15) is 16.5 Å². The van der Waals surface area contributed by atoms with E-state index in [9.17, 15) is 18.3 Å². The average Bonchev–Trinajstić information content (AvgIpc) is 3.56. The van der Waals surface area contributed by atoms with Gasteiger partial charge < -0.3 is 9.84 Å². The summed E-state index contributed by atoms with van der Waals surface area (Å²) in [4.78, 5) is 16.4. The third-order valence-electron chi connectivity index (χ3n) is 8.41. The molecule has 0 fully saturated rings. The molecule has 2 aliphatic rings. The van der Waals surface area contributed by atoms with E-state index in [1.165, 1.54) is 16.6 Å². The Bertz CT molecular complexity index is 1770. The van der Waals surface area contributed by atoms with Gasteiger partial charge in [0.25, 0.3) is 0 Å². The van der Waals surface area contributed by atoms with Crippen molar-refractivity contribution in [1.82, 2.24) is 24.3 Å². The fraction of sp³-hybridized carbons (Fsp3) is 0.400. The number of rotatable bonds is 7. The smallest absolute Gasteiger partial charge is 0.304 e. The lowest BCUT2D eigenvalue weighted by Gasteiger charge is -2.25. The quantitative estimate of drug-likeness (QED) is 0.349. The Kier molecular flexibility index (Phi) is 7.03. The van der Waals surface area contributed by atoms with Crippen LogP contribution >= 0.6 is 0 Å². The molecule has 0 radical (unpaired) electrons. The minimum atomic E-state index is -3.88. The van der Waals surface area contributed by atoms with Crippen molar-refractivity contribution < 1.29 is 23.1 Å². The number of fused-ring (bicyclic) bond motifs is 3. The summed E-state index contributed by atoms with van der Waals surface area (Å²) >= 11 is 0. The van der Waals surface area contributed by atoms with E-state index in [1.807, 2.05) is 39.1 Å². The Morgan fingerprint density at radius 3 is 2.83 bits per heavy atom. The van der Waals surface area contributed by atoms with Gasteiger partial charge in [-0.2, -0.15) is 4.31 Å². The molecular formula is C30H33N5O5S. The van der Waals surface area contributed by atoms with Gasteiger partial charge in [-0.25, -0.2) is 18.1 Å². The lowest BCUT2D eigenvalue weighted by Crippen LogP contribution is -2.36. The van der Waals surface area contributed by atoms with Gasteiger partial charge in [0.05, 0.1) is 18.5 Å². The highest BCUT2D eigenvalue weighted by Crippen LogP contribution is 2.38. The molecule has 0 amide bonds. The number of aromatic nitrogens is 4. The number of nitrogens with zero attached hydrogens (tertiary/aromatic N) is 5. The van der Waals surface area contributed by atoms with E-state index < -0.39 is 21.9 Å². The Labute approximate surface area is 239 Å². The molecule has 11 heteroatoms. The summed E-state index contributed by atoms with van der Waals surface area (Å²) in [5, 5.41) is 18.4. The number of hydrogen-bond acceptors (Lipinski definition) is 7. The van der Waals surface area contributed by atoms with Crippen LogP contribution in [0.25, 0.3) is 11.0 Å². The second kappa shape index (κ2) is 10.5. The van der Waals surface area contributed by atoms with Gasteiger partial charge in [-0.3, -0.25) is 4.79 Å². The van der Waals surface area contributed by atoms with Crippen molar-refractivity contribution in [1.29, 1.82) is 0 Å². The molecule has 0 saturated heterocycles. The van der Waals surface area contributed by atoms with Crippen LogP contribution in [0.1, 0.15) is 65.5 Å². The van der Waals surface area contributed by atoms with Crippen LogP contribution in [0.15, 0.2) is 47.5 Å². The summed E-state index contributed by atoms with van der Waals surface area (Å²) in [6, 6.07) is 11.2. The molecule has 2 aromatic heterocycles. The first-order valence-electron chi connectivity index (χ1n) is 13.9. The normalized spacial score (nSPS) is 18.9. The fourth-order valence-corrected chi connectivity index (χ4v) is 7.77. The third kappa shape index (κ3) is 4.87. The molecule has 41 heavy (non-hydrogen) atoms. The van der Waals surface area contributed by atoms with Gasteiger partial charge in [-0.15, -0.1) is 5.10 Å². The Morgan fingerprint density at radius 1 is 1.22 bits per heavy atom. The number of pyridine rings is 1. The maximum atomic E-state index is 13.9. The van der Waals surface area contributed by atoms with Crippen molar-refractivity contribution >= 4 is 27.0 Å². The number of carboxylic acid groups (broad SMARTS) is 1. The standard InChI is InChI=1S/C30H33N5O5S/c1-4-22-17-35(41(38,39)27-9-6-12-31-30(27)40-22)16-21-14-20(13-19-7-5-8-24(19)21)25(15-28(36)37)23-10-11-26-29(18(23)2)32-33-34(26)3/h6,9-14,22,25H,4-5,7-8,15-17H2,1-3H3,(H,36,37)/t22-,25?/m1/s1. The number of carbonyl (C=O) groups is 1. The molecule has 2 atom stereocenters. The Hall–Kier alpha value is -3.83. The van der Waals surface area contributed by atoms with E-state index in [0.717, 1.165) is 63.7 Å². The van der Waals surface area contributed by atoms with Gasteiger partial charge in [-0.1, -0.05) is 30.3 Å². The number of ether oxygens (including phenoxy) is 1. The van der Waals surface area contributed by atoms with E-state index >= 15 is 0 Å². The minimum absolute atomic E-state index is 0.0698. The van der Waals surface area contributed by atoms with Crippen LogP contribution in [0.2, 0.25) is 0 Å². The summed E-state index contributed by atoms with van der Waals surface area (Å²) < 4.78 is 36.9. The van der Waals surface area contributed by atoms with E-state index in [4.69, 9.17) is 4.74 Å². The van der Waals surface area contributed by atoms with Crippen molar-refractivity contribution in [3.05, 3.63) is 76.0 Å². The molecular weight excluding hydrogens is 542 g/mol. The summed E-state index contributed by atoms with van der Waals surface area (Å²) in [5.41, 5.74) is 7.49. The van der Waals surface area contributed by atoms with E-state index in [2.05, 4.69) is 21.4 Å². The predicted molar refractivity (Wildman–Crippen MR) is 152 cm³/mol. The SMILES string of the molecule is CC[C@@H]1CN(Cc2cc(C(CC(=O)O)c3ccc4c(nnn4C)c3C)cc3c2CCC3)S(=O)(=O)c2cccnc2O1. The molecule has 10 nitrogen and oxygen atoms in total. The number of aliphatic carboxylic acids is 1. The molecule has 0 saturated carbocycles. The molecule has 0 bridgehead atoms. The maximum absolute atomic E-state index is 13.9. The monoisotopic (exact) mass is 575 g/mol. The summed E-state index contributed by atoms with van der Waals surface area (Å²) in [6.07, 6.45) is 4.44. The largest absolute Gasteiger partial charge is 0.481 e. The minimum Gasteiger partial charge on any atom is -0.481 e. The number of carboxylic acids is 1. The van der Waals surface area contributed by atoms with E-state index in [0.29, 0.717) is 6.42 Å². The lowest BCUT2D eigenvalue weighted by atomic mass is 9.83. The summed E-state index contributed by atoms with van der Waals surface area (Å²) in [5.74, 6) is -1.20. The molecule has 1 aliphatic carbocycles. The van der Waals surface area contributed by atoms with Gasteiger partial charge in [0, 0.05) is 25.7 Å². The van der Waals surface area contributed by atoms with Crippen molar-refractivity contribution in [3.8, 4) is 5.88 Å². The zero-order valence-electron chi connectivity index (χ0n) is 23.4. The predicted octanol–water partition coefficient (Wildman–Crippen LogP) is 4.13. The highest BCUT2D eigenvalue weighted by molar-refractivity contribution is 7.89. The number of benzene rings is 2. The second-order valence-corrected chi connectivity index (χ2v) is 12.8. The molecule has 4 aromatic rings. The second-order valence-electron chi connectivity index (χ2n) is 10.9. The molecule has 1 N–H and O–H groups in total. The van der Waals surface area contributed by atoms with Crippen LogP contribution in [0.3, 0.4) is 0 Å². The van der Waals surface area contributed by atoms with Crippen LogP contribution in [0, 0.1) is 6.92 Å². The van der Waals surface area contributed by atoms with E-state index in [1.54, 1.807) is 10.7 Å². The molecule has 1 aliphatic heterocycles. The number of hydrogen-bond donors (Lipinski definition) is 1. The summed E-state index contributed by atoms with van der Waals surface area (Å²) in [6.45, 7) is 4.30. The van der Waals surface area contributed by atoms with Crippen LogP contribution < -0.4 is 4.74 Å². The average molecular weight is 576 g/mol. The topological polar surface area (TPSA) is 128 Å². The van der Waals surface area contributed by atoms with Crippen molar-refractivity contribution in [3.63, 3.8) is 0 Å². The van der Waals surface area contributed by atoms with Gasteiger partial charge in [0.2, 0.25) is 15.9 Å². The van der Waals surface area contributed by atoms with Crippen LogP contribution in [-0.4, -0.2) is 56.4 Å². The van der Waals surface area contributed by atoms with Crippen molar-refractivity contribution in [2.45, 2.75) is 69.4 Å². The molecule has 6 rings (SSSR count). The Balaban J connectivity index is 1.45. The van der Waals surface area contributed by atoms with Crippen LogP contribution in [-0.2, 0) is 41.3 Å².